The lowest BCUT2D eigenvalue weighted by atomic mass is 9.91. The zero-order chi connectivity index (χ0) is 13.9. The first kappa shape index (κ1) is 13.1. The van der Waals surface area contributed by atoms with Gasteiger partial charge in [-0.05, 0) is 50.9 Å². The highest BCUT2D eigenvalue weighted by molar-refractivity contribution is 6.00. The largest absolute Gasteiger partial charge is 0.349 e. The van der Waals surface area contributed by atoms with E-state index in [0.29, 0.717) is 11.5 Å². The Labute approximate surface area is 118 Å². The Morgan fingerprint density at radius 2 is 2.25 bits per heavy atom. The summed E-state index contributed by atoms with van der Waals surface area (Å²) < 4.78 is 1.73. The Bertz CT molecular complexity index is 601. The van der Waals surface area contributed by atoms with Gasteiger partial charge < -0.3 is 10.6 Å². The summed E-state index contributed by atoms with van der Waals surface area (Å²) in [5.74, 6) is 0.527. The zero-order valence-electron chi connectivity index (χ0n) is 11.7. The third-order valence-electron chi connectivity index (χ3n) is 4.12. The number of carbonyl (C=O) groups excluding carboxylic acids is 1. The number of pyridine rings is 1. The number of hydrogen-bond donors (Lipinski definition) is 2. The second-order valence-electron chi connectivity index (χ2n) is 5.44. The molecule has 2 aromatic rings. The fourth-order valence-electron chi connectivity index (χ4n) is 2.86. The van der Waals surface area contributed by atoms with Gasteiger partial charge in [-0.2, -0.15) is 5.10 Å². The number of rotatable bonds is 3. The maximum Gasteiger partial charge on any atom is 0.255 e. The second-order valence-corrected chi connectivity index (χ2v) is 5.44. The number of fused-ring (bicyclic) bond motifs is 1. The summed E-state index contributed by atoms with van der Waals surface area (Å²) in [5.41, 5.74) is 1.49. The molecule has 106 valence electrons. The van der Waals surface area contributed by atoms with Crippen LogP contribution in [0.2, 0.25) is 0 Å². The van der Waals surface area contributed by atoms with Crippen molar-refractivity contribution in [3.05, 3.63) is 36.2 Å². The molecule has 0 aromatic carbocycles. The fraction of sp³-hybridized carbons (Fsp3) is 0.467. The highest BCUT2D eigenvalue weighted by Gasteiger charge is 2.22. The first-order valence-corrected chi connectivity index (χ1v) is 7.19. The summed E-state index contributed by atoms with van der Waals surface area (Å²) in [6.07, 6.45) is 5.73. The van der Waals surface area contributed by atoms with Gasteiger partial charge >= 0.3 is 0 Å². The summed E-state index contributed by atoms with van der Waals surface area (Å²) in [4.78, 5) is 12.4. The van der Waals surface area contributed by atoms with Gasteiger partial charge in [-0.1, -0.05) is 6.07 Å². The average Bonchev–Trinajstić information content (AvgIpc) is 2.92. The monoisotopic (exact) mass is 272 g/mol. The molecule has 1 aliphatic rings. The van der Waals surface area contributed by atoms with E-state index in [1.807, 2.05) is 24.4 Å². The van der Waals surface area contributed by atoms with Crippen LogP contribution < -0.4 is 10.6 Å². The summed E-state index contributed by atoms with van der Waals surface area (Å²) in [6, 6.07) is 5.93. The molecule has 3 heterocycles. The highest BCUT2D eigenvalue weighted by atomic mass is 16.1. The van der Waals surface area contributed by atoms with E-state index in [1.54, 1.807) is 10.7 Å². The summed E-state index contributed by atoms with van der Waals surface area (Å²) >= 11 is 0. The Morgan fingerprint density at radius 1 is 1.45 bits per heavy atom. The Hall–Kier alpha value is -1.88. The van der Waals surface area contributed by atoms with Crippen LogP contribution >= 0.6 is 0 Å². The first-order valence-electron chi connectivity index (χ1n) is 7.19. The molecule has 0 aliphatic carbocycles. The number of aromatic nitrogens is 2. The van der Waals surface area contributed by atoms with E-state index in [4.69, 9.17) is 0 Å². The maximum atomic E-state index is 12.4. The molecule has 1 unspecified atom stereocenters. The highest BCUT2D eigenvalue weighted by Crippen LogP contribution is 2.17. The number of amides is 1. The van der Waals surface area contributed by atoms with E-state index in [2.05, 4.69) is 22.7 Å². The molecule has 2 aromatic heterocycles. The molecule has 0 radical (unpaired) electrons. The minimum atomic E-state index is -0.0303. The number of nitrogens with zero attached hydrogens (tertiary/aromatic N) is 2. The van der Waals surface area contributed by atoms with Crippen molar-refractivity contribution in [3.8, 4) is 0 Å². The molecule has 5 heteroatoms. The minimum absolute atomic E-state index is 0.0303. The van der Waals surface area contributed by atoms with Crippen LogP contribution in [0.3, 0.4) is 0 Å². The van der Waals surface area contributed by atoms with Crippen LogP contribution in [0.15, 0.2) is 30.6 Å². The number of nitrogens with one attached hydrogen (secondary N) is 2. The predicted octanol–water partition coefficient (Wildman–Crippen LogP) is 1.45. The van der Waals surface area contributed by atoms with Crippen LogP contribution in [0.1, 0.15) is 30.1 Å². The Kier molecular flexibility index (Phi) is 3.69. The second kappa shape index (κ2) is 5.63. The molecule has 1 amide bonds. The van der Waals surface area contributed by atoms with Crippen LogP contribution in [0.4, 0.5) is 0 Å². The van der Waals surface area contributed by atoms with Crippen LogP contribution in [-0.4, -0.2) is 34.7 Å². The maximum absolute atomic E-state index is 12.4. The van der Waals surface area contributed by atoms with Crippen molar-refractivity contribution in [2.75, 3.05) is 13.1 Å². The SMILES string of the molecule is CC(NC(=O)c1cnn2ccccc12)C1CCNCC1. The van der Waals surface area contributed by atoms with E-state index in [9.17, 15) is 4.79 Å². The molecule has 1 saturated heterocycles. The summed E-state index contributed by atoms with van der Waals surface area (Å²) in [5, 5.41) is 10.7. The average molecular weight is 272 g/mol. The Morgan fingerprint density at radius 3 is 3.05 bits per heavy atom. The molecule has 1 aliphatic heterocycles. The van der Waals surface area contributed by atoms with Crippen molar-refractivity contribution in [1.82, 2.24) is 20.2 Å². The predicted molar refractivity (Wildman–Crippen MR) is 77.7 cm³/mol. The van der Waals surface area contributed by atoms with Gasteiger partial charge in [-0.15, -0.1) is 0 Å². The molecular formula is C15H20N4O. The van der Waals surface area contributed by atoms with Gasteiger partial charge in [0, 0.05) is 12.2 Å². The molecule has 20 heavy (non-hydrogen) atoms. The van der Waals surface area contributed by atoms with Crippen molar-refractivity contribution < 1.29 is 4.79 Å². The van der Waals surface area contributed by atoms with Crippen molar-refractivity contribution in [2.45, 2.75) is 25.8 Å². The van der Waals surface area contributed by atoms with Gasteiger partial charge in [0.25, 0.3) is 5.91 Å². The fourth-order valence-corrected chi connectivity index (χ4v) is 2.86. The van der Waals surface area contributed by atoms with Crippen molar-refractivity contribution in [3.63, 3.8) is 0 Å². The lowest BCUT2D eigenvalue weighted by Gasteiger charge is -2.28. The van der Waals surface area contributed by atoms with Crippen LogP contribution in [0.25, 0.3) is 5.52 Å². The third kappa shape index (κ3) is 2.54. The van der Waals surface area contributed by atoms with Crippen LogP contribution in [0.5, 0.6) is 0 Å². The molecule has 2 N–H and O–H groups in total. The van der Waals surface area contributed by atoms with Gasteiger partial charge in [0.15, 0.2) is 0 Å². The smallest absolute Gasteiger partial charge is 0.255 e. The molecule has 0 spiro atoms. The molecule has 1 fully saturated rings. The van der Waals surface area contributed by atoms with Gasteiger partial charge in [0.05, 0.1) is 17.3 Å². The number of piperidine rings is 1. The van der Waals surface area contributed by atoms with E-state index < -0.39 is 0 Å². The lowest BCUT2D eigenvalue weighted by Crippen LogP contribution is -2.42. The van der Waals surface area contributed by atoms with Gasteiger partial charge in [0.1, 0.15) is 0 Å². The molecular weight excluding hydrogens is 252 g/mol. The molecule has 5 nitrogen and oxygen atoms in total. The Balaban J connectivity index is 1.72. The van der Waals surface area contributed by atoms with Crippen LogP contribution in [-0.2, 0) is 0 Å². The summed E-state index contributed by atoms with van der Waals surface area (Å²) in [7, 11) is 0. The third-order valence-corrected chi connectivity index (χ3v) is 4.12. The quantitative estimate of drug-likeness (QED) is 0.889. The molecule has 0 bridgehead atoms. The van der Waals surface area contributed by atoms with E-state index in [0.717, 1.165) is 31.4 Å². The minimum Gasteiger partial charge on any atom is -0.349 e. The van der Waals surface area contributed by atoms with Crippen molar-refractivity contribution in [2.24, 2.45) is 5.92 Å². The molecule has 1 atom stereocenters. The topological polar surface area (TPSA) is 58.4 Å². The van der Waals surface area contributed by atoms with Crippen LogP contribution in [0, 0.1) is 5.92 Å². The molecule has 0 saturated carbocycles. The molecule has 3 rings (SSSR count). The van der Waals surface area contributed by atoms with E-state index in [1.165, 1.54) is 0 Å². The van der Waals surface area contributed by atoms with Crippen molar-refractivity contribution >= 4 is 11.4 Å². The lowest BCUT2D eigenvalue weighted by molar-refractivity contribution is 0.0922. The van der Waals surface area contributed by atoms with E-state index >= 15 is 0 Å². The number of hydrogen-bond acceptors (Lipinski definition) is 3. The summed E-state index contributed by atoms with van der Waals surface area (Å²) in [6.45, 7) is 4.18. The standard InChI is InChI=1S/C15H20N4O/c1-11(12-5-7-16-8-6-12)18-15(20)13-10-17-19-9-3-2-4-14(13)19/h2-4,9-12,16H,5-8H2,1H3,(H,18,20). The normalized spacial score (nSPS) is 18.1. The number of carbonyl (C=O) groups is 1. The van der Waals surface area contributed by atoms with Gasteiger partial charge in [0.2, 0.25) is 0 Å². The van der Waals surface area contributed by atoms with Gasteiger partial charge in [-0.3, -0.25) is 4.79 Å². The zero-order valence-corrected chi connectivity index (χ0v) is 11.7. The van der Waals surface area contributed by atoms with Crippen molar-refractivity contribution in [1.29, 1.82) is 0 Å². The first-order chi connectivity index (χ1) is 9.75. The van der Waals surface area contributed by atoms with Gasteiger partial charge in [-0.25, -0.2) is 4.52 Å². The van der Waals surface area contributed by atoms with E-state index in [-0.39, 0.29) is 11.9 Å².